The second kappa shape index (κ2) is 7.49. The molecule has 0 aromatic heterocycles. The number of aryl methyl sites for hydroxylation is 1. The van der Waals surface area contributed by atoms with Crippen LogP contribution in [0.25, 0.3) is 0 Å². The molecule has 0 heterocycles. The van der Waals surface area contributed by atoms with E-state index in [1.54, 1.807) is 33.8 Å². The summed E-state index contributed by atoms with van der Waals surface area (Å²) in [4.78, 5) is 21.8. The van der Waals surface area contributed by atoms with E-state index in [0.717, 1.165) is 0 Å². The molecule has 0 saturated carbocycles. The van der Waals surface area contributed by atoms with E-state index in [2.05, 4.69) is 17.2 Å². The van der Waals surface area contributed by atoms with Gasteiger partial charge in [-0.15, -0.1) is 0 Å². The molecule has 0 saturated heterocycles. The summed E-state index contributed by atoms with van der Waals surface area (Å²) in [5.74, 6) is 5.68. The van der Waals surface area contributed by atoms with Crippen LogP contribution in [0.2, 0.25) is 0 Å². The Morgan fingerprint density at radius 3 is 2.65 bits per heavy atom. The lowest BCUT2D eigenvalue weighted by molar-refractivity contribution is -0.383. The molecule has 124 valence electrons. The number of nitro benzene ring substituents is 1. The third kappa shape index (κ3) is 6.26. The van der Waals surface area contributed by atoms with Gasteiger partial charge < -0.3 is 15.8 Å². The number of carbonyl (C=O) groups is 1. The molecule has 0 aliphatic rings. The predicted molar refractivity (Wildman–Crippen MR) is 88.0 cm³/mol. The van der Waals surface area contributed by atoms with E-state index in [1.165, 1.54) is 6.07 Å². The normalized spacial score (nSPS) is 10.4. The Morgan fingerprint density at radius 1 is 1.43 bits per heavy atom. The molecule has 7 heteroatoms. The highest BCUT2D eigenvalue weighted by atomic mass is 16.6. The second-order valence-corrected chi connectivity index (χ2v) is 5.96. The summed E-state index contributed by atoms with van der Waals surface area (Å²) in [5.41, 5.74) is 6.23. The molecule has 1 amide bonds. The molecule has 7 nitrogen and oxygen atoms in total. The summed E-state index contributed by atoms with van der Waals surface area (Å²) >= 11 is 0. The number of carbonyl (C=O) groups excluding carboxylic acids is 1. The molecule has 0 spiro atoms. The van der Waals surface area contributed by atoms with E-state index >= 15 is 0 Å². The minimum absolute atomic E-state index is 0.146. The number of nitrogens with zero attached hydrogens (tertiary/aromatic N) is 1. The fourth-order valence-corrected chi connectivity index (χ4v) is 1.71. The summed E-state index contributed by atoms with van der Waals surface area (Å²) < 4.78 is 5.09. The molecule has 0 radical (unpaired) electrons. The molecule has 23 heavy (non-hydrogen) atoms. The van der Waals surface area contributed by atoms with Crippen LogP contribution in [0.3, 0.4) is 0 Å². The maximum Gasteiger partial charge on any atom is 0.407 e. The molecular formula is C16H21N3O4. The standard InChI is InChI=1S/C16H21N3O4/c1-11-9-12(10-13(14(11)17)19(21)22)7-5-6-8-18-15(20)23-16(2,3)4/h9-10H,6,8,17H2,1-4H3,(H,18,20). The first kappa shape index (κ1) is 18.3. The summed E-state index contributed by atoms with van der Waals surface area (Å²) in [6.07, 6.45) is -0.102. The van der Waals surface area contributed by atoms with Crippen molar-refractivity contribution < 1.29 is 14.5 Å². The number of nitrogens with one attached hydrogen (secondary N) is 1. The Labute approximate surface area is 135 Å². The summed E-state index contributed by atoms with van der Waals surface area (Å²) in [7, 11) is 0. The zero-order valence-corrected chi connectivity index (χ0v) is 13.7. The smallest absolute Gasteiger partial charge is 0.407 e. The number of benzene rings is 1. The fraction of sp³-hybridized carbons (Fsp3) is 0.438. The average Bonchev–Trinajstić information content (AvgIpc) is 2.39. The molecule has 1 aromatic carbocycles. The van der Waals surface area contributed by atoms with Crippen molar-refractivity contribution in [1.29, 1.82) is 0 Å². The van der Waals surface area contributed by atoms with Gasteiger partial charge in [-0.1, -0.05) is 11.8 Å². The van der Waals surface area contributed by atoms with Crippen LogP contribution in [0.1, 0.15) is 38.3 Å². The number of amides is 1. The monoisotopic (exact) mass is 319 g/mol. The van der Waals surface area contributed by atoms with Gasteiger partial charge in [0.25, 0.3) is 5.69 Å². The zero-order valence-electron chi connectivity index (χ0n) is 13.7. The number of nitrogens with two attached hydrogens (primary N) is 1. The number of anilines is 1. The van der Waals surface area contributed by atoms with Crippen LogP contribution in [-0.4, -0.2) is 23.2 Å². The van der Waals surface area contributed by atoms with Crippen LogP contribution >= 0.6 is 0 Å². The number of nitro groups is 1. The van der Waals surface area contributed by atoms with Crippen molar-refractivity contribution in [2.24, 2.45) is 0 Å². The molecule has 0 fully saturated rings. The lowest BCUT2D eigenvalue weighted by atomic mass is 10.1. The quantitative estimate of drug-likeness (QED) is 0.293. The van der Waals surface area contributed by atoms with Crippen molar-refractivity contribution in [3.8, 4) is 11.8 Å². The molecular weight excluding hydrogens is 298 g/mol. The van der Waals surface area contributed by atoms with Crippen LogP contribution in [0, 0.1) is 28.9 Å². The first-order valence-corrected chi connectivity index (χ1v) is 7.10. The number of alkyl carbamates (subject to hydrolysis) is 1. The van der Waals surface area contributed by atoms with Gasteiger partial charge in [0.2, 0.25) is 0 Å². The number of ether oxygens (including phenoxy) is 1. The highest BCUT2D eigenvalue weighted by Gasteiger charge is 2.15. The van der Waals surface area contributed by atoms with Gasteiger partial charge in [0, 0.05) is 24.6 Å². The highest BCUT2D eigenvalue weighted by molar-refractivity contribution is 5.67. The minimum Gasteiger partial charge on any atom is -0.444 e. The van der Waals surface area contributed by atoms with Crippen molar-refractivity contribution in [3.05, 3.63) is 33.4 Å². The molecule has 0 unspecified atom stereocenters. The van der Waals surface area contributed by atoms with Gasteiger partial charge in [-0.3, -0.25) is 10.1 Å². The van der Waals surface area contributed by atoms with E-state index in [4.69, 9.17) is 10.5 Å². The van der Waals surface area contributed by atoms with E-state index in [1.807, 2.05) is 0 Å². The van der Waals surface area contributed by atoms with Crippen molar-refractivity contribution >= 4 is 17.5 Å². The van der Waals surface area contributed by atoms with Crippen molar-refractivity contribution in [2.75, 3.05) is 12.3 Å². The second-order valence-electron chi connectivity index (χ2n) is 5.96. The first-order valence-electron chi connectivity index (χ1n) is 7.10. The van der Waals surface area contributed by atoms with Gasteiger partial charge in [-0.05, 0) is 39.3 Å². The summed E-state index contributed by atoms with van der Waals surface area (Å²) in [5, 5.41) is 13.5. The van der Waals surface area contributed by atoms with Gasteiger partial charge in [-0.2, -0.15) is 0 Å². The Kier molecular flexibility index (Phi) is 5.96. The van der Waals surface area contributed by atoms with Gasteiger partial charge in [0.05, 0.1) is 4.92 Å². The van der Waals surface area contributed by atoms with Gasteiger partial charge >= 0.3 is 6.09 Å². The SMILES string of the molecule is Cc1cc(C#CCCNC(=O)OC(C)(C)C)cc([N+](=O)[O-])c1N. The van der Waals surface area contributed by atoms with E-state index in [9.17, 15) is 14.9 Å². The summed E-state index contributed by atoms with van der Waals surface area (Å²) in [6, 6.07) is 3.03. The average molecular weight is 319 g/mol. The molecule has 1 aromatic rings. The van der Waals surface area contributed by atoms with Crippen molar-refractivity contribution in [3.63, 3.8) is 0 Å². The maximum absolute atomic E-state index is 11.4. The number of nitrogen functional groups attached to an aromatic ring is 1. The molecule has 3 N–H and O–H groups in total. The molecule has 0 aliphatic carbocycles. The topological polar surface area (TPSA) is 107 Å². The van der Waals surface area contributed by atoms with Crippen molar-refractivity contribution in [1.82, 2.24) is 5.32 Å². The lowest BCUT2D eigenvalue weighted by Gasteiger charge is -2.19. The molecule has 0 bridgehead atoms. The largest absolute Gasteiger partial charge is 0.444 e. The van der Waals surface area contributed by atoms with Crippen LogP contribution < -0.4 is 11.1 Å². The van der Waals surface area contributed by atoms with E-state index in [0.29, 0.717) is 24.1 Å². The van der Waals surface area contributed by atoms with Crippen molar-refractivity contribution in [2.45, 2.75) is 39.7 Å². The zero-order chi connectivity index (χ0) is 17.6. The lowest BCUT2D eigenvalue weighted by Crippen LogP contribution is -2.32. The van der Waals surface area contributed by atoms with Gasteiger partial charge in [0.15, 0.2) is 0 Å². The number of hydrogen-bond donors (Lipinski definition) is 2. The van der Waals surface area contributed by atoms with Gasteiger partial charge in [0.1, 0.15) is 11.3 Å². The van der Waals surface area contributed by atoms with Crippen LogP contribution in [-0.2, 0) is 4.74 Å². The third-order valence-corrected chi connectivity index (χ3v) is 2.71. The third-order valence-electron chi connectivity index (χ3n) is 2.71. The molecule has 1 rings (SSSR count). The van der Waals surface area contributed by atoms with Crippen LogP contribution in [0.15, 0.2) is 12.1 Å². The van der Waals surface area contributed by atoms with E-state index in [-0.39, 0.29) is 11.4 Å². The highest BCUT2D eigenvalue weighted by Crippen LogP contribution is 2.26. The fourth-order valence-electron chi connectivity index (χ4n) is 1.71. The Balaban J connectivity index is 2.61. The maximum atomic E-state index is 11.4. The number of rotatable bonds is 3. The van der Waals surface area contributed by atoms with Crippen LogP contribution in [0.4, 0.5) is 16.2 Å². The number of hydrogen-bond acceptors (Lipinski definition) is 5. The molecule has 0 atom stereocenters. The van der Waals surface area contributed by atoms with E-state index < -0.39 is 16.6 Å². The van der Waals surface area contributed by atoms with Crippen LogP contribution in [0.5, 0.6) is 0 Å². The Hall–Kier alpha value is -2.75. The Bertz CT molecular complexity index is 666. The van der Waals surface area contributed by atoms with Gasteiger partial charge in [-0.25, -0.2) is 4.79 Å². The minimum atomic E-state index is -0.545. The summed E-state index contributed by atoms with van der Waals surface area (Å²) in [6.45, 7) is 7.36. The Morgan fingerprint density at radius 2 is 2.09 bits per heavy atom. The first-order chi connectivity index (χ1) is 10.6. The predicted octanol–water partition coefficient (Wildman–Crippen LogP) is 2.75. The molecule has 0 aliphatic heterocycles.